The molecule has 3 aromatic rings. The summed E-state index contributed by atoms with van der Waals surface area (Å²) < 4.78 is 10.9. The molecule has 0 saturated heterocycles. The van der Waals surface area contributed by atoms with Crippen LogP contribution in [0.1, 0.15) is 24.0 Å². The summed E-state index contributed by atoms with van der Waals surface area (Å²) in [6.45, 7) is 1.15. The van der Waals surface area contributed by atoms with E-state index in [4.69, 9.17) is 14.5 Å². The summed E-state index contributed by atoms with van der Waals surface area (Å²) in [5.41, 5.74) is 4.74. The largest absolute Gasteiger partial charge is 0.491 e. The number of benzene rings is 3. The predicted molar refractivity (Wildman–Crippen MR) is 107 cm³/mol. The SMILES string of the molecule is COCCOc1ccc2c(c1)C(=Nc1ccc3ccccc3c1)CCC2. The lowest BCUT2D eigenvalue weighted by Crippen LogP contribution is -2.12. The molecule has 0 atom stereocenters. The Morgan fingerprint density at radius 3 is 2.65 bits per heavy atom. The molecule has 4 rings (SSSR count). The average Bonchev–Trinajstić information content (AvgIpc) is 2.68. The summed E-state index contributed by atoms with van der Waals surface area (Å²) in [7, 11) is 1.69. The fourth-order valence-electron chi connectivity index (χ4n) is 3.47. The minimum atomic E-state index is 0.562. The fourth-order valence-corrected chi connectivity index (χ4v) is 3.47. The summed E-state index contributed by atoms with van der Waals surface area (Å²) >= 11 is 0. The lowest BCUT2D eigenvalue weighted by atomic mass is 9.89. The van der Waals surface area contributed by atoms with Crippen LogP contribution in [0.3, 0.4) is 0 Å². The quantitative estimate of drug-likeness (QED) is 0.586. The molecule has 3 aromatic carbocycles. The van der Waals surface area contributed by atoms with E-state index in [1.807, 2.05) is 6.07 Å². The van der Waals surface area contributed by atoms with E-state index in [1.165, 1.54) is 21.9 Å². The van der Waals surface area contributed by atoms with Gasteiger partial charge in [0.2, 0.25) is 0 Å². The molecule has 26 heavy (non-hydrogen) atoms. The molecule has 0 N–H and O–H groups in total. The van der Waals surface area contributed by atoms with Gasteiger partial charge in [0.15, 0.2) is 0 Å². The first-order valence-electron chi connectivity index (χ1n) is 9.15. The zero-order valence-electron chi connectivity index (χ0n) is 15.1. The van der Waals surface area contributed by atoms with Crippen LogP contribution in [0.15, 0.2) is 65.7 Å². The van der Waals surface area contributed by atoms with Crippen molar-refractivity contribution in [3.8, 4) is 5.75 Å². The van der Waals surface area contributed by atoms with Crippen molar-refractivity contribution in [3.63, 3.8) is 0 Å². The van der Waals surface area contributed by atoms with E-state index < -0.39 is 0 Å². The number of fused-ring (bicyclic) bond motifs is 2. The van der Waals surface area contributed by atoms with Gasteiger partial charge in [-0.25, -0.2) is 0 Å². The van der Waals surface area contributed by atoms with E-state index in [0.29, 0.717) is 13.2 Å². The van der Waals surface area contributed by atoms with Crippen LogP contribution in [-0.4, -0.2) is 26.0 Å². The van der Waals surface area contributed by atoms with Crippen LogP contribution in [0.5, 0.6) is 5.75 Å². The van der Waals surface area contributed by atoms with Crippen molar-refractivity contribution >= 4 is 22.2 Å². The standard InChI is InChI=1S/C23H23NO2/c1-25-13-14-26-21-12-10-18-7-4-8-23(22(18)16-21)24-20-11-9-17-5-2-3-6-19(17)15-20/h2-3,5-6,9-12,15-16H,4,7-8,13-14H2,1H3. The number of ether oxygens (including phenoxy) is 2. The van der Waals surface area contributed by atoms with Crippen LogP contribution < -0.4 is 4.74 Å². The molecular weight excluding hydrogens is 322 g/mol. The Hall–Kier alpha value is -2.65. The Morgan fingerprint density at radius 1 is 0.885 bits per heavy atom. The molecule has 132 valence electrons. The van der Waals surface area contributed by atoms with Crippen LogP contribution in [0, 0.1) is 0 Å². The zero-order chi connectivity index (χ0) is 17.8. The molecule has 1 aliphatic rings. The van der Waals surface area contributed by atoms with E-state index in [-0.39, 0.29) is 0 Å². The van der Waals surface area contributed by atoms with Gasteiger partial charge in [-0.3, -0.25) is 4.99 Å². The Labute approximate surface area is 154 Å². The second-order valence-electron chi connectivity index (χ2n) is 6.60. The predicted octanol–water partition coefficient (Wildman–Crippen LogP) is 5.32. The highest BCUT2D eigenvalue weighted by Crippen LogP contribution is 2.29. The van der Waals surface area contributed by atoms with Gasteiger partial charge in [0, 0.05) is 18.4 Å². The molecule has 0 radical (unpaired) electrons. The van der Waals surface area contributed by atoms with Crippen LogP contribution in [0.4, 0.5) is 5.69 Å². The Balaban J connectivity index is 1.66. The van der Waals surface area contributed by atoms with Crippen molar-refractivity contribution in [2.24, 2.45) is 4.99 Å². The van der Waals surface area contributed by atoms with Crippen LogP contribution in [0.2, 0.25) is 0 Å². The first kappa shape index (κ1) is 16.8. The number of methoxy groups -OCH3 is 1. The van der Waals surface area contributed by atoms with Crippen molar-refractivity contribution in [2.45, 2.75) is 19.3 Å². The van der Waals surface area contributed by atoms with Crippen LogP contribution in [-0.2, 0) is 11.2 Å². The molecule has 0 fully saturated rings. The van der Waals surface area contributed by atoms with Crippen molar-refractivity contribution in [1.82, 2.24) is 0 Å². The maximum atomic E-state index is 5.79. The molecule has 0 amide bonds. The van der Waals surface area contributed by atoms with E-state index in [1.54, 1.807) is 7.11 Å². The normalized spacial score (nSPS) is 15.2. The summed E-state index contributed by atoms with van der Waals surface area (Å²) in [4.78, 5) is 4.98. The van der Waals surface area contributed by atoms with Gasteiger partial charge in [-0.1, -0.05) is 36.4 Å². The third-order valence-corrected chi connectivity index (χ3v) is 4.81. The van der Waals surface area contributed by atoms with Crippen LogP contribution in [0.25, 0.3) is 10.8 Å². The summed E-state index contributed by atoms with van der Waals surface area (Å²) in [6.07, 6.45) is 3.25. The third-order valence-electron chi connectivity index (χ3n) is 4.81. The van der Waals surface area contributed by atoms with Crippen molar-refractivity contribution in [1.29, 1.82) is 0 Å². The van der Waals surface area contributed by atoms with Gasteiger partial charge in [0.1, 0.15) is 12.4 Å². The molecule has 0 spiro atoms. The molecule has 0 aromatic heterocycles. The molecular formula is C23H23NO2. The molecule has 3 heteroatoms. The second kappa shape index (κ2) is 7.71. The highest BCUT2D eigenvalue weighted by molar-refractivity contribution is 6.04. The van der Waals surface area contributed by atoms with Gasteiger partial charge in [-0.05, 0) is 59.9 Å². The number of rotatable bonds is 5. The monoisotopic (exact) mass is 345 g/mol. The number of aliphatic imine (C=N–C) groups is 1. The zero-order valence-corrected chi connectivity index (χ0v) is 15.1. The lowest BCUT2D eigenvalue weighted by molar-refractivity contribution is 0.146. The highest BCUT2D eigenvalue weighted by atomic mass is 16.5. The molecule has 3 nitrogen and oxygen atoms in total. The smallest absolute Gasteiger partial charge is 0.120 e. The van der Waals surface area contributed by atoms with Crippen molar-refractivity contribution in [3.05, 3.63) is 71.8 Å². The van der Waals surface area contributed by atoms with E-state index in [9.17, 15) is 0 Å². The van der Waals surface area contributed by atoms with Crippen LogP contribution >= 0.6 is 0 Å². The van der Waals surface area contributed by atoms with Crippen molar-refractivity contribution < 1.29 is 9.47 Å². The maximum Gasteiger partial charge on any atom is 0.120 e. The minimum Gasteiger partial charge on any atom is -0.491 e. The third kappa shape index (κ3) is 3.63. The topological polar surface area (TPSA) is 30.8 Å². The Bertz CT molecular complexity index is 946. The molecule has 0 saturated carbocycles. The van der Waals surface area contributed by atoms with Gasteiger partial charge in [0.05, 0.1) is 12.3 Å². The maximum absolute atomic E-state index is 5.79. The fraction of sp³-hybridized carbons (Fsp3) is 0.261. The summed E-state index contributed by atoms with van der Waals surface area (Å²) in [6, 6.07) is 21.2. The first-order valence-corrected chi connectivity index (χ1v) is 9.15. The van der Waals surface area contributed by atoms with Gasteiger partial charge in [-0.2, -0.15) is 0 Å². The van der Waals surface area contributed by atoms with E-state index in [2.05, 4.69) is 54.6 Å². The van der Waals surface area contributed by atoms with Gasteiger partial charge < -0.3 is 9.47 Å². The minimum absolute atomic E-state index is 0.562. The molecule has 1 aliphatic carbocycles. The number of hydrogen-bond acceptors (Lipinski definition) is 3. The number of hydrogen-bond donors (Lipinski definition) is 0. The Morgan fingerprint density at radius 2 is 1.77 bits per heavy atom. The van der Waals surface area contributed by atoms with Crippen molar-refractivity contribution in [2.75, 3.05) is 20.3 Å². The number of aryl methyl sites for hydroxylation is 1. The molecule has 0 heterocycles. The summed E-state index contributed by atoms with van der Waals surface area (Å²) in [5.74, 6) is 0.883. The summed E-state index contributed by atoms with van der Waals surface area (Å²) in [5, 5.41) is 2.47. The van der Waals surface area contributed by atoms with Gasteiger partial charge in [0.25, 0.3) is 0 Å². The number of nitrogens with zero attached hydrogens (tertiary/aromatic N) is 1. The Kier molecular flexibility index (Phi) is 4.98. The first-order chi connectivity index (χ1) is 12.8. The average molecular weight is 345 g/mol. The lowest BCUT2D eigenvalue weighted by Gasteiger charge is -2.19. The highest BCUT2D eigenvalue weighted by Gasteiger charge is 2.16. The molecule has 0 aliphatic heterocycles. The van der Waals surface area contributed by atoms with E-state index >= 15 is 0 Å². The second-order valence-corrected chi connectivity index (χ2v) is 6.60. The van der Waals surface area contributed by atoms with Gasteiger partial charge >= 0.3 is 0 Å². The molecule has 0 bridgehead atoms. The molecule has 0 unspecified atom stereocenters. The van der Waals surface area contributed by atoms with E-state index in [0.717, 1.165) is 36.4 Å². The van der Waals surface area contributed by atoms with Gasteiger partial charge in [-0.15, -0.1) is 0 Å².